The highest BCUT2D eigenvalue weighted by atomic mass is 79.9. The van der Waals surface area contributed by atoms with Crippen LogP contribution in [0.25, 0.3) is 0 Å². The van der Waals surface area contributed by atoms with Crippen LogP contribution in [0.4, 0.5) is 0 Å². The molecule has 0 fully saturated rings. The zero-order valence-corrected chi connectivity index (χ0v) is 8.67. The summed E-state index contributed by atoms with van der Waals surface area (Å²) >= 11 is 3.37. The van der Waals surface area contributed by atoms with Crippen molar-refractivity contribution in [3.8, 4) is 5.75 Å². The maximum atomic E-state index is 5.45. The molecule has 0 unspecified atom stereocenters. The molecule has 0 aliphatic heterocycles. The van der Waals surface area contributed by atoms with Crippen LogP contribution in [0, 0.1) is 0 Å². The van der Waals surface area contributed by atoms with Gasteiger partial charge in [-0.3, -0.25) is 0 Å². The van der Waals surface area contributed by atoms with Crippen molar-refractivity contribution in [3.05, 3.63) is 28.7 Å². The molecule has 2 nitrogen and oxygen atoms in total. The first-order valence-electron chi connectivity index (χ1n) is 3.99. The maximum Gasteiger partial charge on any atom is 0.137 e. The largest absolute Gasteiger partial charge is 0.488 e. The minimum Gasteiger partial charge on any atom is -0.488 e. The Labute approximate surface area is 81.1 Å². The molecule has 0 saturated carbocycles. The number of likely N-dealkylation sites (N-methyl/N-ethyl adjacent to an activating group) is 1. The predicted octanol–water partition coefficient (Wildman–Crippen LogP) is 1.02. The fourth-order valence-electron chi connectivity index (χ4n) is 0.825. The molecule has 2 N–H and O–H groups in total. The topological polar surface area (TPSA) is 25.8 Å². The Balaban J connectivity index is 2.37. The van der Waals surface area contributed by atoms with Crippen LogP contribution >= 0.6 is 15.9 Å². The van der Waals surface area contributed by atoms with Gasteiger partial charge in [0.1, 0.15) is 18.9 Å². The van der Waals surface area contributed by atoms with Gasteiger partial charge in [-0.2, -0.15) is 0 Å². The van der Waals surface area contributed by atoms with E-state index in [-0.39, 0.29) is 0 Å². The standard InChI is InChI=1S/C9H12BrNO/c1-11-6-7-12-9-4-2-8(10)3-5-9/h2-5,11H,6-7H2,1H3/p+1. The van der Waals surface area contributed by atoms with Crippen molar-refractivity contribution in [1.82, 2.24) is 0 Å². The molecule has 0 heterocycles. The lowest BCUT2D eigenvalue weighted by molar-refractivity contribution is -0.627. The van der Waals surface area contributed by atoms with E-state index in [0.29, 0.717) is 0 Å². The number of halogens is 1. The third-order valence-electron chi connectivity index (χ3n) is 1.49. The molecule has 0 radical (unpaired) electrons. The molecule has 0 aliphatic carbocycles. The molecule has 0 amide bonds. The van der Waals surface area contributed by atoms with E-state index in [2.05, 4.69) is 21.2 Å². The monoisotopic (exact) mass is 230 g/mol. The first-order chi connectivity index (χ1) is 5.83. The smallest absolute Gasteiger partial charge is 0.137 e. The number of hydrogen-bond acceptors (Lipinski definition) is 1. The molecule has 66 valence electrons. The fourth-order valence-corrected chi connectivity index (χ4v) is 1.09. The van der Waals surface area contributed by atoms with Gasteiger partial charge in [-0.25, -0.2) is 0 Å². The summed E-state index contributed by atoms with van der Waals surface area (Å²) in [5.41, 5.74) is 0. The van der Waals surface area contributed by atoms with E-state index in [1.54, 1.807) is 0 Å². The van der Waals surface area contributed by atoms with E-state index >= 15 is 0 Å². The quantitative estimate of drug-likeness (QED) is 0.769. The number of ether oxygens (including phenoxy) is 1. The van der Waals surface area contributed by atoms with Gasteiger partial charge in [-0.1, -0.05) is 15.9 Å². The molecule has 0 aromatic heterocycles. The molecular formula is C9H13BrNO+. The van der Waals surface area contributed by atoms with Crippen molar-refractivity contribution in [2.24, 2.45) is 0 Å². The van der Waals surface area contributed by atoms with Gasteiger partial charge in [0.05, 0.1) is 7.05 Å². The molecule has 0 spiro atoms. The van der Waals surface area contributed by atoms with Gasteiger partial charge in [0.2, 0.25) is 0 Å². The normalized spacial score (nSPS) is 9.83. The van der Waals surface area contributed by atoms with Crippen LogP contribution in [0.1, 0.15) is 0 Å². The van der Waals surface area contributed by atoms with E-state index in [4.69, 9.17) is 4.74 Å². The highest BCUT2D eigenvalue weighted by molar-refractivity contribution is 9.10. The lowest BCUT2D eigenvalue weighted by atomic mass is 10.3. The number of nitrogens with two attached hydrogens (primary N) is 1. The number of hydrogen-bond donors (Lipinski definition) is 1. The summed E-state index contributed by atoms with van der Waals surface area (Å²) in [6, 6.07) is 7.87. The van der Waals surface area contributed by atoms with Crippen molar-refractivity contribution in [3.63, 3.8) is 0 Å². The third-order valence-corrected chi connectivity index (χ3v) is 2.02. The summed E-state index contributed by atoms with van der Waals surface area (Å²) in [5, 5.41) is 2.10. The van der Waals surface area contributed by atoms with Gasteiger partial charge < -0.3 is 10.1 Å². The lowest BCUT2D eigenvalue weighted by Crippen LogP contribution is -2.80. The average Bonchev–Trinajstić information content (AvgIpc) is 2.09. The zero-order valence-electron chi connectivity index (χ0n) is 7.09. The van der Waals surface area contributed by atoms with E-state index in [9.17, 15) is 0 Å². The Hall–Kier alpha value is -0.540. The van der Waals surface area contributed by atoms with E-state index in [1.165, 1.54) is 0 Å². The van der Waals surface area contributed by atoms with Crippen LogP contribution in [0.3, 0.4) is 0 Å². The minimum absolute atomic E-state index is 0.762. The summed E-state index contributed by atoms with van der Waals surface area (Å²) in [4.78, 5) is 0. The Morgan fingerprint density at radius 1 is 1.33 bits per heavy atom. The number of rotatable bonds is 4. The van der Waals surface area contributed by atoms with Gasteiger partial charge in [-0.05, 0) is 24.3 Å². The summed E-state index contributed by atoms with van der Waals surface area (Å²) < 4.78 is 6.53. The van der Waals surface area contributed by atoms with Crippen LogP contribution in [-0.4, -0.2) is 20.2 Å². The molecule has 0 bridgehead atoms. The molecule has 0 saturated heterocycles. The highest BCUT2D eigenvalue weighted by Crippen LogP contribution is 2.15. The van der Waals surface area contributed by atoms with Crippen LogP contribution in [0.5, 0.6) is 5.75 Å². The van der Waals surface area contributed by atoms with Gasteiger partial charge in [0.25, 0.3) is 0 Å². The van der Waals surface area contributed by atoms with Crippen molar-refractivity contribution in [1.29, 1.82) is 0 Å². The van der Waals surface area contributed by atoms with E-state index in [0.717, 1.165) is 23.4 Å². The lowest BCUT2D eigenvalue weighted by Gasteiger charge is -2.03. The fraction of sp³-hybridized carbons (Fsp3) is 0.333. The molecule has 1 aromatic rings. The molecule has 0 atom stereocenters. The first kappa shape index (κ1) is 9.55. The first-order valence-corrected chi connectivity index (χ1v) is 4.78. The zero-order chi connectivity index (χ0) is 8.81. The van der Waals surface area contributed by atoms with Crippen molar-refractivity contribution < 1.29 is 10.1 Å². The summed E-state index contributed by atoms with van der Waals surface area (Å²) in [7, 11) is 2.03. The Morgan fingerprint density at radius 3 is 2.58 bits per heavy atom. The summed E-state index contributed by atoms with van der Waals surface area (Å²) in [5.74, 6) is 0.931. The number of benzene rings is 1. The second-order valence-electron chi connectivity index (χ2n) is 2.50. The molecule has 1 aromatic carbocycles. The molecular weight excluding hydrogens is 218 g/mol. The van der Waals surface area contributed by atoms with Crippen molar-refractivity contribution in [2.75, 3.05) is 20.2 Å². The van der Waals surface area contributed by atoms with Crippen molar-refractivity contribution >= 4 is 15.9 Å². The highest BCUT2D eigenvalue weighted by Gasteiger charge is 1.92. The van der Waals surface area contributed by atoms with Gasteiger partial charge >= 0.3 is 0 Å². The Bertz CT molecular complexity index is 222. The Morgan fingerprint density at radius 2 is 2.00 bits per heavy atom. The van der Waals surface area contributed by atoms with Gasteiger partial charge in [-0.15, -0.1) is 0 Å². The summed E-state index contributed by atoms with van der Waals surface area (Å²) in [6.45, 7) is 1.76. The van der Waals surface area contributed by atoms with Crippen molar-refractivity contribution in [2.45, 2.75) is 0 Å². The van der Waals surface area contributed by atoms with Gasteiger partial charge in [0, 0.05) is 4.47 Å². The van der Waals surface area contributed by atoms with Crippen LogP contribution < -0.4 is 10.1 Å². The SMILES string of the molecule is C[NH2+]CCOc1ccc(Br)cc1. The third kappa shape index (κ3) is 3.24. The predicted molar refractivity (Wildman–Crippen MR) is 52.4 cm³/mol. The minimum atomic E-state index is 0.762. The second kappa shape index (κ2) is 5.17. The van der Waals surface area contributed by atoms with Crippen LogP contribution in [0.15, 0.2) is 28.7 Å². The molecule has 3 heteroatoms. The van der Waals surface area contributed by atoms with E-state index in [1.807, 2.05) is 31.3 Å². The molecule has 0 aliphatic rings. The molecule has 1 rings (SSSR count). The average molecular weight is 231 g/mol. The van der Waals surface area contributed by atoms with Crippen LogP contribution in [0.2, 0.25) is 0 Å². The summed E-state index contributed by atoms with van der Waals surface area (Å²) in [6.07, 6.45) is 0. The molecule has 12 heavy (non-hydrogen) atoms. The Kier molecular flexibility index (Phi) is 4.11. The van der Waals surface area contributed by atoms with Gasteiger partial charge in [0.15, 0.2) is 0 Å². The van der Waals surface area contributed by atoms with E-state index < -0.39 is 0 Å². The van der Waals surface area contributed by atoms with Crippen LogP contribution in [-0.2, 0) is 0 Å². The second-order valence-corrected chi connectivity index (χ2v) is 3.41. The number of quaternary nitrogens is 1. The maximum absolute atomic E-state index is 5.45.